The molecule has 1 N–H and O–H groups in total. The molecule has 6 nitrogen and oxygen atoms in total. The average Bonchev–Trinajstić information content (AvgIpc) is 3.19. The molecule has 1 saturated carbocycles. The second kappa shape index (κ2) is 9.60. The smallest absolute Gasteiger partial charge is 0.287 e. The number of ether oxygens (including phenoxy) is 3. The van der Waals surface area contributed by atoms with Crippen molar-refractivity contribution in [1.29, 1.82) is 0 Å². The van der Waals surface area contributed by atoms with E-state index in [4.69, 9.17) is 19.2 Å². The summed E-state index contributed by atoms with van der Waals surface area (Å²) in [5.74, 6) is -0.0764. The van der Waals surface area contributed by atoms with E-state index < -0.39 is 12.2 Å². The van der Waals surface area contributed by atoms with Crippen LogP contribution in [0.3, 0.4) is 0 Å². The zero-order chi connectivity index (χ0) is 20.9. The minimum absolute atomic E-state index is 0.0764. The summed E-state index contributed by atoms with van der Waals surface area (Å²) >= 11 is 0. The van der Waals surface area contributed by atoms with Gasteiger partial charge in [-0.2, -0.15) is 0 Å². The molecule has 6 heteroatoms. The fourth-order valence-electron chi connectivity index (χ4n) is 4.08. The molecule has 0 amide bonds. The van der Waals surface area contributed by atoms with Crippen LogP contribution < -0.4 is 0 Å². The Balaban J connectivity index is 1.43. The minimum atomic E-state index is -0.667. The molecule has 0 radical (unpaired) electrons. The molecule has 0 spiro atoms. The summed E-state index contributed by atoms with van der Waals surface area (Å²) in [5.41, 5.74) is 2.19. The summed E-state index contributed by atoms with van der Waals surface area (Å²) in [7, 11) is 3.82. The monoisotopic (exact) mass is 410 g/mol. The van der Waals surface area contributed by atoms with E-state index in [1.165, 1.54) is 0 Å². The van der Waals surface area contributed by atoms with Crippen LogP contribution in [0.5, 0.6) is 0 Å². The van der Waals surface area contributed by atoms with Gasteiger partial charge >= 0.3 is 0 Å². The van der Waals surface area contributed by atoms with Gasteiger partial charge in [-0.3, -0.25) is 0 Å². The molecule has 2 aliphatic rings. The van der Waals surface area contributed by atoms with Gasteiger partial charge in [0.15, 0.2) is 0 Å². The second-order valence-corrected chi connectivity index (χ2v) is 8.20. The van der Waals surface area contributed by atoms with Crippen molar-refractivity contribution < 1.29 is 19.3 Å². The Morgan fingerprint density at radius 3 is 2.27 bits per heavy atom. The van der Waals surface area contributed by atoms with Crippen molar-refractivity contribution in [3.8, 4) is 0 Å². The highest BCUT2D eigenvalue weighted by atomic mass is 16.5. The molecule has 2 aromatic carbocycles. The molecule has 1 heterocycles. The molecular formula is C24H30N2O4. The largest absolute Gasteiger partial charge is 0.459 e. The van der Waals surface area contributed by atoms with Crippen LogP contribution >= 0.6 is 0 Å². The van der Waals surface area contributed by atoms with Crippen LogP contribution in [0.1, 0.15) is 17.5 Å². The van der Waals surface area contributed by atoms with Crippen molar-refractivity contribution in [2.45, 2.75) is 44.0 Å². The van der Waals surface area contributed by atoms with Crippen LogP contribution in [0, 0.1) is 5.92 Å². The fraction of sp³-hybridized carbons (Fsp3) is 0.458. The number of benzene rings is 2. The summed E-state index contributed by atoms with van der Waals surface area (Å²) in [6, 6.07) is 20.4. The minimum Gasteiger partial charge on any atom is -0.459 e. The SMILES string of the molecule is CN(C)C1=N[C@@H]2[C@@H](OCc3ccccc3)[C@H](O)[C@@H](COCc3ccccc3)C[C@@H]2O1. The zero-order valence-corrected chi connectivity index (χ0v) is 17.6. The Morgan fingerprint density at radius 1 is 1.00 bits per heavy atom. The van der Waals surface area contributed by atoms with E-state index in [-0.39, 0.29) is 18.1 Å². The maximum Gasteiger partial charge on any atom is 0.287 e. The van der Waals surface area contributed by atoms with Crippen molar-refractivity contribution in [3.63, 3.8) is 0 Å². The number of nitrogens with zero attached hydrogens (tertiary/aromatic N) is 2. The topological polar surface area (TPSA) is 63.5 Å². The number of fused-ring (bicyclic) bond motifs is 1. The van der Waals surface area contributed by atoms with E-state index in [0.29, 0.717) is 32.3 Å². The third-order valence-electron chi connectivity index (χ3n) is 5.70. The third kappa shape index (κ3) is 4.83. The first kappa shape index (κ1) is 20.8. The number of aliphatic imine (C=N–C) groups is 1. The Labute approximate surface area is 178 Å². The quantitative estimate of drug-likeness (QED) is 0.761. The number of aliphatic hydroxyl groups is 1. The van der Waals surface area contributed by atoms with Gasteiger partial charge in [0.1, 0.15) is 18.2 Å². The molecule has 1 aliphatic carbocycles. The van der Waals surface area contributed by atoms with Crippen LogP contribution in [0.25, 0.3) is 0 Å². The standard InChI is InChI=1S/C24H30N2O4/c1-26(2)24-25-21-20(30-24)13-19(16-28-14-17-9-5-3-6-10-17)22(27)23(21)29-15-18-11-7-4-8-12-18/h3-12,19-23,27H,13-16H2,1-2H3/t19-,20+,21+,22-,23-/m1/s1. The van der Waals surface area contributed by atoms with Gasteiger partial charge in [0, 0.05) is 20.0 Å². The van der Waals surface area contributed by atoms with Crippen molar-refractivity contribution in [3.05, 3.63) is 71.8 Å². The van der Waals surface area contributed by atoms with Crippen molar-refractivity contribution in [2.75, 3.05) is 20.7 Å². The number of hydrogen-bond acceptors (Lipinski definition) is 6. The van der Waals surface area contributed by atoms with Crippen molar-refractivity contribution >= 4 is 6.02 Å². The molecule has 1 aliphatic heterocycles. The zero-order valence-electron chi connectivity index (χ0n) is 17.6. The summed E-state index contributed by atoms with van der Waals surface area (Å²) in [6.45, 7) is 1.40. The number of amidine groups is 1. The maximum atomic E-state index is 11.1. The molecule has 0 aromatic heterocycles. The molecule has 0 saturated heterocycles. The van der Waals surface area contributed by atoms with Crippen LogP contribution in [0.4, 0.5) is 0 Å². The maximum absolute atomic E-state index is 11.1. The lowest BCUT2D eigenvalue weighted by molar-refractivity contribution is -0.134. The number of rotatable bonds is 7. The Bertz CT molecular complexity index is 828. The van der Waals surface area contributed by atoms with E-state index >= 15 is 0 Å². The molecule has 0 unspecified atom stereocenters. The first-order chi connectivity index (χ1) is 14.6. The van der Waals surface area contributed by atoms with Gasteiger partial charge in [-0.1, -0.05) is 60.7 Å². The highest BCUT2D eigenvalue weighted by molar-refractivity contribution is 5.75. The molecule has 160 valence electrons. The normalized spacial score (nSPS) is 27.8. The summed E-state index contributed by atoms with van der Waals surface area (Å²) in [4.78, 5) is 6.57. The van der Waals surface area contributed by atoms with Gasteiger partial charge in [0.05, 0.1) is 25.9 Å². The van der Waals surface area contributed by atoms with E-state index in [0.717, 1.165) is 11.1 Å². The molecule has 0 bridgehead atoms. The predicted octanol–water partition coefficient (Wildman–Crippen LogP) is 2.85. The predicted molar refractivity (Wildman–Crippen MR) is 115 cm³/mol. The fourth-order valence-corrected chi connectivity index (χ4v) is 4.08. The molecular weight excluding hydrogens is 380 g/mol. The van der Waals surface area contributed by atoms with Gasteiger partial charge in [-0.25, -0.2) is 4.99 Å². The van der Waals surface area contributed by atoms with Crippen LogP contribution in [0.2, 0.25) is 0 Å². The van der Waals surface area contributed by atoms with Gasteiger partial charge in [0.2, 0.25) is 0 Å². The number of aliphatic hydroxyl groups excluding tert-OH is 1. The van der Waals surface area contributed by atoms with Crippen LogP contribution in [0.15, 0.2) is 65.7 Å². The molecule has 2 aromatic rings. The van der Waals surface area contributed by atoms with Gasteiger partial charge in [-0.15, -0.1) is 0 Å². The summed E-state index contributed by atoms with van der Waals surface area (Å²) < 4.78 is 18.2. The van der Waals surface area contributed by atoms with Crippen molar-refractivity contribution in [2.24, 2.45) is 10.9 Å². The second-order valence-electron chi connectivity index (χ2n) is 8.20. The van der Waals surface area contributed by atoms with E-state index in [1.807, 2.05) is 79.7 Å². The van der Waals surface area contributed by atoms with Gasteiger partial charge in [-0.05, 0) is 17.5 Å². The average molecular weight is 411 g/mol. The van der Waals surface area contributed by atoms with Gasteiger partial charge < -0.3 is 24.2 Å². The lowest BCUT2D eigenvalue weighted by Gasteiger charge is -2.39. The highest BCUT2D eigenvalue weighted by Gasteiger charge is 2.49. The lowest BCUT2D eigenvalue weighted by atomic mass is 9.80. The van der Waals surface area contributed by atoms with Crippen LogP contribution in [-0.2, 0) is 27.4 Å². The molecule has 5 atom stereocenters. The number of hydrogen-bond donors (Lipinski definition) is 1. The summed E-state index contributed by atoms with van der Waals surface area (Å²) in [5, 5.41) is 11.1. The third-order valence-corrected chi connectivity index (χ3v) is 5.70. The molecule has 1 fully saturated rings. The molecule has 30 heavy (non-hydrogen) atoms. The Hall–Kier alpha value is -2.41. The van der Waals surface area contributed by atoms with Crippen LogP contribution in [-0.4, -0.2) is 61.1 Å². The Morgan fingerprint density at radius 2 is 1.63 bits per heavy atom. The lowest BCUT2D eigenvalue weighted by Crippen LogP contribution is -2.54. The van der Waals surface area contributed by atoms with Gasteiger partial charge in [0.25, 0.3) is 6.02 Å². The summed E-state index contributed by atoms with van der Waals surface area (Å²) in [6.07, 6.45) is -0.532. The van der Waals surface area contributed by atoms with E-state index in [2.05, 4.69) is 0 Å². The first-order valence-electron chi connectivity index (χ1n) is 10.5. The van der Waals surface area contributed by atoms with Crippen molar-refractivity contribution in [1.82, 2.24) is 4.90 Å². The van der Waals surface area contributed by atoms with E-state index in [1.54, 1.807) is 0 Å². The first-order valence-corrected chi connectivity index (χ1v) is 10.5. The van der Waals surface area contributed by atoms with E-state index in [9.17, 15) is 5.11 Å². The highest BCUT2D eigenvalue weighted by Crippen LogP contribution is 2.35. The molecule has 4 rings (SSSR count). The Kier molecular flexibility index (Phi) is 6.67.